The van der Waals surface area contributed by atoms with E-state index in [0.717, 1.165) is 35.0 Å². The molecule has 3 aromatic rings. The second-order valence-corrected chi connectivity index (χ2v) is 9.96. The average molecular weight is 454 g/mol. The zero-order valence-corrected chi connectivity index (χ0v) is 18.7. The van der Waals surface area contributed by atoms with Gasteiger partial charge in [-0.05, 0) is 47.9 Å². The normalized spacial score (nSPS) is 13.3. The van der Waals surface area contributed by atoms with Crippen molar-refractivity contribution < 1.29 is 17.6 Å². The molecule has 0 unspecified atom stereocenters. The van der Waals surface area contributed by atoms with Crippen LogP contribution in [-0.2, 0) is 23.0 Å². The maximum atomic E-state index is 14.2. The van der Waals surface area contributed by atoms with Gasteiger partial charge >= 0.3 is 0 Å². The van der Waals surface area contributed by atoms with Gasteiger partial charge in [-0.25, -0.2) is 17.1 Å². The number of amides is 1. The Morgan fingerprint density at radius 1 is 1.06 bits per heavy atom. The standard InChI is InChI=1S/C24H24FN3O3S/c1-27(2)32(30,31)23-15-18(11-12-20(23)25)24(29)26-21-9-5-3-8-19(21)16-28-14-13-17-7-4-6-10-22(17)28/h3-12,15H,13-14,16H2,1-2H3,(H,26,29). The molecule has 166 valence electrons. The van der Waals surface area contributed by atoms with Crippen molar-refractivity contribution in [1.29, 1.82) is 0 Å². The van der Waals surface area contributed by atoms with Gasteiger partial charge in [-0.3, -0.25) is 4.79 Å². The SMILES string of the molecule is CN(C)S(=O)(=O)c1cc(C(=O)Nc2ccccc2CN2CCc3ccccc32)ccc1F. The highest BCUT2D eigenvalue weighted by molar-refractivity contribution is 7.89. The number of nitrogens with zero attached hydrogens (tertiary/aromatic N) is 2. The fourth-order valence-corrected chi connectivity index (χ4v) is 4.77. The number of carbonyl (C=O) groups is 1. The summed E-state index contributed by atoms with van der Waals surface area (Å²) in [7, 11) is -1.39. The minimum absolute atomic E-state index is 0.0631. The summed E-state index contributed by atoms with van der Waals surface area (Å²) in [5.41, 5.74) is 4.11. The van der Waals surface area contributed by atoms with Crippen LogP contribution in [0.15, 0.2) is 71.6 Å². The highest BCUT2D eigenvalue weighted by atomic mass is 32.2. The molecule has 1 aliphatic heterocycles. The molecule has 0 spiro atoms. The van der Waals surface area contributed by atoms with Crippen LogP contribution in [0, 0.1) is 5.82 Å². The number of anilines is 2. The Labute approximate surface area is 187 Å². The highest BCUT2D eigenvalue weighted by Crippen LogP contribution is 2.30. The van der Waals surface area contributed by atoms with E-state index >= 15 is 0 Å². The molecule has 1 aliphatic rings. The number of rotatable bonds is 6. The number of sulfonamides is 1. The predicted octanol–water partition coefficient (Wildman–Crippen LogP) is 3.89. The molecule has 6 nitrogen and oxygen atoms in total. The maximum Gasteiger partial charge on any atom is 0.255 e. The predicted molar refractivity (Wildman–Crippen MR) is 123 cm³/mol. The van der Waals surface area contributed by atoms with Gasteiger partial charge in [0.15, 0.2) is 0 Å². The fraction of sp³-hybridized carbons (Fsp3) is 0.208. The first-order valence-corrected chi connectivity index (χ1v) is 11.7. The molecule has 3 aromatic carbocycles. The van der Waals surface area contributed by atoms with Crippen LogP contribution in [0.1, 0.15) is 21.5 Å². The molecule has 4 rings (SSSR count). The number of fused-ring (bicyclic) bond motifs is 1. The van der Waals surface area contributed by atoms with Crippen molar-refractivity contribution in [2.45, 2.75) is 17.9 Å². The van der Waals surface area contributed by atoms with Gasteiger partial charge in [0.2, 0.25) is 10.0 Å². The number of hydrogen-bond acceptors (Lipinski definition) is 4. The van der Waals surface area contributed by atoms with Crippen LogP contribution in [-0.4, -0.2) is 39.3 Å². The van der Waals surface area contributed by atoms with Crippen LogP contribution < -0.4 is 10.2 Å². The van der Waals surface area contributed by atoms with Gasteiger partial charge in [-0.15, -0.1) is 0 Å². The molecule has 0 fully saturated rings. The third-order valence-corrected chi connectivity index (χ3v) is 7.39. The Morgan fingerprint density at radius 2 is 1.78 bits per heavy atom. The maximum absolute atomic E-state index is 14.2. The summed E-state index contributed by atoms with van der Waals surface area (Å²) in [6.45, 7) is 1.52. The van der Waals surface area contributed by atoms with E-state index in [0.29, 0.717) is 12.2 Å². The number of para-hydroxylation sites is 2. The van der Waals surface area contributed by atoms with Gasteiger partial charge in [0.05, 0.1) is 0 Å². The van der Waals surface area contributed by atoms with E-state index in [4.69, 9.17) is 0 Å². The van der Waals surface area contributed by atoms with Crippen molar-refractivity contribution in [2.24, 2.45) is 0 Å². The minimum atomic E-state index is -4.02. The summed E-state index contributed by atoms with van der Waals surface area (Å²) in [5, 5.41) is 2.86. The molecular formula is C24H24FN3O3S. The lowest BCUT2D eigenvalue weighted by atomic mass is 10.1. The van der Waals surface area contributed by atoms with Gasteiger partial charge < -0.3 is 10.2 Å². The Morgan fingerprint density at radius 3 is 2.56 bits per heavy atom. The van der Waals surface area contributed by atoms with E-state index in [1.807, 2.05) is 30.3 Å². The van der Waals surface area contributed by atoms with Crippen molar-refractivity contribution >= 4 is 27.3 Å². The molecule has 1 N–H and O–H groups in total. The molecule has 0 bridgehead atoms. The largest absolute Gasteiger partial charge is 0.367 e. The van der Waals surface area contributed by atoms with Crippen molar-refractivity contribution in [1.82, 2.24) is 4.31 Å². The summed E-state index contributed by atoms with van der Waals surface area (Å²) in [5.74, 6) is -1.40. The first-order valence-electron chi connectivity index (χ1n) is 10.2. The zero-order chi connectivity index (χ0) is 22.9. The molecule has 0 aliphatic carbocycles. The molecule has 1 heterocycles. The highest BCUT2D eigenvalue weighted by Gasteiger charge is 2.24. The quantitative estimate of drug-likeness (QED) is 0.615. The van der Waals surface area contributed by atoms with E-state index in [1.54, 1.807) is 6.07 Å². The van der Waals surface area contributed by atoms with Gasteiger partial charge in [0, 0.05) is 44.1 Å². The van der Waals surface area contributed by atoms with E-state index in [9.17, 15) is 17.6 Å². The number of hydrogen-bond donors (Lipinski definition) is 1. The van der Waals surface area contributed by atoms with E-state index < -0.39 is 26.6 Å². The summed E-state index contributed by atoms with van der Waals surface area (Å²) >= 11 is 0. The van der Waals surface area contributed by atoms with Crippen LogP contribution in [0.2, 0.25) is 0 Å². The molecule has 0 radical (unpaired) electrons. The van der Waals surface area contributed by atoms with E-state index in [-0.39, 0.29) is 5.56 Å². The van der Waals surface area contributed by atoms with Gasteiger partial charge in [0.1, 0.15) is 10.7 Å². The van der Waals surface area contributed by atoms with Crippen LogP contribution in [0.3, 0.4) is 0 Å². The number of nitrogens with one attached hydrogen (secondary N) is 1. The van der Waals surface area contributed by atoms with E-state index in [1.165, 1.54) is 31.4 Å². The topological polar surface area (TPSA) is 69.7 Å². The van der Waals surface area contributed by atoms with Crippen LogP contribution >= 0.6 is 0 Å². The number of halogens is 1. The number of carbonyl (C=O) groups excluding carboxylic acids is 1. The monoisotopic (exact) mass is 453 g/mol. The van der Waals surface area contributed by atoms with Crippen molar-refractivity contribution in [3.63, 3.8) is 0 Å². The smallest absolute Gasteiger partial charge is 0.255 e. The van der Waals surface area contributed by atoms with Gasteiger partial charge in [0.25, 0.3) is 5.91 Å². The summed E-state index contributed by atoms with van der Waals surface area (Å²) < 4.78 is 39.9. The van der Waals surface area contributed by atoms with Crippen LogP contribution in [0.5, 0.6) is 0 Å². The summed E-state index contributed by atoms with van der Waals surface area (Å²) in [4.78, 5) is 14.6. The second kappa shape index (κ2) is 8.72. The lowest BCUT2D eigenvalue weighted by Gasteiger charge is -2.21. The minimum Gasteiger partial charge on any atom is -0.367 e. The zero-order valence-electron chi connectivity index (χ0n) is 17.9. The first-order chi connectivity index (χ1) is 15.3. The molecule has 8 heteroatoms. The van der Waals surface area contributed by atoms with Crippen molar-refractivity contribution in [2.75, 3.05) is 30.9 Å². The van der Waals surface area contributed by atoms with Gasteiger partial charge in [-0.2, -0.15) is 0 Å². The Hall–Kier alpha value is -3.23. The molecular weight excluding hydrogens is 429 g/mol. The molecule has 0 atom stereocenters. The molecule has 0 saturated carbocycles. The fourth-order valence-electron chi connectivity index (χ4n) is 3.79. The van der Waals surface area contributed by atoms with Crippen LogP contribution in [0.25, 0.3) is 0 Å². The summed E-state index contributed by atoms with van der Waals surface area (Å²) in [6.07, 6.45) is 0.976. The molecule has 0 saturated heterocycles. The second-order valence-electron chi connectivity index (χ2n) is 7.84. The lowest BCUT2D eigenvalue weighted by molar-refractivity contribution is 0.102. The molecule has 1 amide bonds. The molecule has 0 aromatic heterocycles. The Bertz CT molecular complexity index is 1270. The molecule has 32 heavy (non-hydrogen) atoms. The van der Waals surface area contributed by atoms with Crippen molar-refractivity contribution in [3.8, 4) is 0 Å². The third kappa shape index (κ3) is 4.24. The average Bonchev–Trinajstić information content (AvgIpc) is 3.18. The Kier molecular flexibility index (Phi) is 5.99. The Balaban J connectivity index is 1.58. The van der Waals surface area contributed by atoms with Crippen molar-refractivity contribution in [3.05, 3.63) is 89.2 Å². The number of benzene rings is 3. The van der Waals surface area contributed by atoms with E-state index in [2.05, 4.69) is 22.3 Å². The lowest BCUT2D eigenvalue weighted by Crippen LogP contribution is -2.24. The first kappa shape index (κ1) is 22.0. The third-order valence-electron chi connectivity index (χ3n) is 5.56. The van der Waals surface area contributed by atoms with Gasteiger partial charge in [-0.1, -0.05) is 36.4 Å². The summed E-state index contributed by atoms with van der Waals surface area (Å²) in [6, 6.07) is 19.1. The van der Waals surface area contributed by atoms with Crippen LogP contribution in [0.4, 0.5) is 15.8 Å².